The van der Waals surface area contributed by atoms with Crippen molar-refractivity contribution in [2.24, 2.45) is 10.7 Å². The zero-order valence-electron chi connectivity index (χ0n) is 10.1. The number of quaternary nitrogens is 1. The van der Waals surface area contributed by atoms with Crippen molar-refractivity contribution in [1.29, 1.82) is 0 Å². The Kier molecular flexibility index (Phi) is 5.06. The molecule has 0 fully saturated rings. The zero-order valence-corrected chi connectivity index (χ0v) is 10.1. The second-order valence-electron chi connectivity index (χ2n) is 4.03. The van der Waals surface area contributed by atoms with E-state index in [-0.39, 0.29) is 11.0 Å². The van der Waals surface area contributed by atoms with Crippen molar-refractivity contribution in [3.63, 3.8) is 0 Å². The van der Waals surface area contributed by atoms with Crippen molar-refractivity contribution in [1.82, 2.24) is 0 Å². The fourth-order valence-electron chi connectivity index (χ4n) is 2.00. The quantitative estimate of drug-likeness (QED) is 0.490. The number of carbonyl (C=O) groups is 1. The minimum Gasteiger partial charge on any atom is -0.544 e. The summed E-state index contributed by atoms with van der Waals surface area (Å²) in [5.74, 6) is -0.235. The van der Waals surface area contributed by atoms with Gasteiger partial charge in [0.2, 0.25) is 5.84 Å². The molecule has 17 heavy (non-hydrogen) atoms. The van der Waals surface area contributed by atoms with Crippen LogP contribution in [0.5, 0.6) is 0 Å². The van der Waals surface area contributed by atoms with Gasteiger partial charge in [-0.2, -0.15) is 0 Å². The first-order valence-corrected chi connectivity index (χ1v) is 5.77. The molecule has 0 aromatic carbocycles. The third-order valence-electron chi connectivity index (χ3n) is 2.80. The van der Waals surface area contributed by atoms with Crippen molar-refractivity contribution in [3.8, 4) is 0 Å². The van der Waals surface area contributed by atoms with E-state index >= 15 is 0 Å². The van der Waals surface area contributed by atoms with Crippen molar-refractivity contribution in [3.05, 3.63) is 24.6 Å². The molecule has 1 aliphatic rings. The van der Waals surface area contributed by atoms with E-state index in [9.17, 15) is 9.90 Å². The van der Waals surface area contributed by atoms with Crippen LogP contribution in [0.2, 0.25) is 0 Å². The Morgan fingerprint density at radius 3 is 3.00 bits per heavy atom. The van der Waals surface area contributed by atoms with Gasteiger partial charge in [0.05, 0.1) is 12.2 Å². The Hall–Kier alpha value is -1.46. The third kappa shape index (κ3) is 3.51. The van der Waals surface area contributed by atoms with E-state index in [4.69, 9.17) is 5.73 Å². The molecule has 1 aliphatic heterocycles. The number of rotatable bonds is 7. The lowest BCUT2D eigenvalue weighted by molar-refractivity contribution is -0.780. The normalized spacial score (nSPS) is 23.3. The van der Waals surface area contributed by atoms with Crippen molar-refractivity contribution in [2.75, 3.05) is 19.6 Å². The summed E-state index contributed by atoms with van der Waals surface area (Å²) in [6.07, 6.45) is 9.05. The Bertz CT molecular complexity index is 361. The van der Waals surface area contributed by atoms with E-state index in [1.165, 1.54) is 0 Å². The Morgan fingerprint density at radius 2 is 2.41 bits per heavy atom. The molecule has 0 aromatic rings. The van der Waals surface area contributed by atoms with Crippen LogP contribution in [0.3, 0.4) is 0 Å². The highest BCUT2D eigenvalue weighted by atomic mass is 16.4. The molecule has 94 valence electrons. The van der Waals surface area contributed by atoms with E-state index in [2.05, 4.69) is 4.99 Å². The number of aliphatic imine (C=N–C) groups is 1. The molecular weight excluding hydrogens is 218 g/mol. The van der Waals surface area contributed by atoms with Crippen LogP contribution in [0.4, 0.5) is 0 Å². The second-order valence-corrected chi connectivity index (χ2v) is 4.03. The van der Waals surface area contributed by atoms with Gasteiger partial charge in [-0.05, 0) is 13.3 Å². The van der Waals surface area contributed by atoms with Crippen molar-refractivity contribution in [2.45, 2.75) is 19.8 Å². The SMILES string of the molecule is C/C=C/CCC1=NC=C[N+]1(CCN)CC(=O)[O-]. The molecule has 0 radical (unpaired) electrons. The first kappa shape index (κ1) is 13.6. The maximum atomic E-state index is 10.8. The lowest BCUT2D eigenvalue weighted by Gasteiger charge is -2.32. The topological polar surface area (TPSA) is 78.5 Å². The molecule has 0 bridgehead atoms. The lowest BCUT2D eigenvalue weighted by Crippen LogP contribution is -2.54. The summed E-state index contributed by atoms with van der Waals surface area (Å²) in [6.45, 7) is 2.82. The molecule has 1 unspecified atom stereocenters. The monoisotopic (exact) mass is 237 g/mol. The summed E-state index contributed by atoms with van der Waals surface area (Å²) in [5.41, 5.74) is 5.55. The maximum absolute atomic E-state index is 10.8. The highest BCUT2D eigenvalue weighted by Gasteiger charge is 2.34. The fourth-order valence-corrected chi connectivity index (χ4v) is 2.00. The van der Waals surface area contributed by atoms with Gasteiger partial charge < -0.3 is 15.6 Å². The first-order chi connectivity index (χ1) is 8.14. The number of amidine groups is 1. The van der Waals surface area contributed by atoms with Crippen LogP contribution < -0.4 is 10.8 Å². The van der Waals surface area contributed by atoms with Gasteiger partial charge in [-0.1, -0.05) is 12.2 Å². The van der Waals surface area contributed by atoms with Crippen LogP contribution in [-0.2, 0) is 4.79 Å². The third-order valence-corrected chi connectivity index (χ3v) is 2.80. The van der Waals surface area contributed by atoms with E-state index in [0.717, 1.165) is 18.7 Å². The average Bonchev–Trinajstić information content (AvgIpc) is 2.61. The summed E-state index contributed by atoms with van der Waals surface area (Å²) in [6, 6.07) is 0. The van der Waals surface area contributed by atoms with Crippen molar-refractivity contribution < 1.29 is 14.4 Å². The average molecular weight is 237 g/mol. The first-order valence-electron chi connectivity index (χ1n) is 5.77. The number of nitrogens with two attached hydrogens (primary N) is 1. The number of carboxylic acids is 1. The Labute approximate surface area is 102 Å². The van der Waals surface area contributed by atoms with Gasteiger partial charge in [0.25, 0.3) is 0 Å². The van der Waals surface area contributed by atoms with Gasteiger partial charge >= 0.3 is 0 Å². The van der Waals surface area contributed by atoms with Gasteiger partial charge in [-0.25, -0.2) is 9.48 Å². The summed E-state index contributed by atoms with van der Waals surface area (Å²) in [4.78, 5) is 15.1. The molecule has 1 heterocycles. The molecule has 0 saturated carbocycles. The number of carboxylic acid groups (broad SMARTS) is 1. The van der Waals surface area contributed by atoms with Crippen LogP contribution in [0.15, 0.2) is 29.5 Å². The van der Waals surface area contributed by atoms with E-state index in [1.54, 1.807) is 12.4 Å². The number of hydrogen-bond acceptors (Lipinski definition) is 4. The van der Waals surface area contributed by atoms with Crippen LogP contribution in [0.1, 0.15) is 19.8 Å². The maximum Gasteiger partial charge on any atom is 0.208 e. The molecule has 5 heteroatoms. The number of allylic oxidation sites excluding steroid dienone is 2. The predicted molar refractivity (Wildman–Crippen MR) is 64.7 cm³/mol. The van der Waals surface area contributed by atoms with Gasteiger partial charge in [-0.3, -0.25) is 0 Å². The smallest absolute Gasteiger partial charge is 0.208 e. The van der Waals surface area contributed by atoms with Gasteiger partial charge in [0, 0.05) is 13.0 Å². The van der Waals surface area contributed by atoms with Gasteiger partial charge in [0.1, 0.15) is 19.3 Å². The molecule has 5 nitrogen and oxygen atoms in total. The second kappa shape index (κ2) is 6.32. The van der Waals surface area contributed by atoms with Gasteiger partial charge in [-0.15, -0.1) is 0 Å². The summed E-state index contributed by atoms with van der Waals surface area (Å²) in [7, 11) is 0. The highest BCUT2D eigenvalue weighted by Crippen LogP contribution is 2.19. The number of nitrogens with zero attached hydrogens (tertiary/aromatic N) is 2. The summed E-state index contributed by atoms with van der Waals surface area (Å²) >= 11 is 0. The van der Waals surface area contributed by atoms with E-state index < -0.39 is 5.97 Å². The molecular formula is C12H19N3O2. The van der Waals surface area contributed by atoms with Crippen LogP contribution in [0, 0.1) is 0 Å². The largest absolute Gasteiger partial charge is 0.544 e. The fraction of sp³-hybridized carbons (Fsp3) is 0.500. The molecule has 1 rings (SSSR count). The zero-order chi connectivity index (χ0) is 12.7. The predicted octanol–water partition coefficient (Wildman–Crippen LogP) is -0.249. The van der Waals surface area contributed by atoms with Crippen molar-refractivity contribution >= 4 is 11.8 Å². The summed E-state index contributed by atoms with van der Waals surface area (Å²) < 4.78 is 0.205. The number of carbonyl (C=O) groups excluding carboxylic acids is 1. The molecule has 0 aliphatic carbocycles. The van der Waals surface area contributed by atoms with Crippen LogP contribution in [0.25, 0.3) is 0 Å². The Balaban J connectivity index is 2.76. The van der Waals surface area contributed by atoms with E-state index in [1.807, 2.05) is 19.1 Å². The molecule has 0 amide bonds. The van der Waals surface area contributed by atoms with Crippen LogP contribution >= 0.6 is 0 Å². The highest BCUT2D eigenvalue weighted by molar-refractivity contribution is 5.81. The Morgan fingerprint density at radius 1 is 1.65 bits per heavy atom. The van der Waals surface area contributed by atoms with Gasteiger partial charge in [0.15, 0.2) is 0 Å². The summed E-state index contributed by atoms with van der Waals surface area (Å²) in [5, 5.41) is 10.8. The lowest BCUT2D eigenvalue weighted by atomic mass is 10.2. The standard InChI is InChI=1S/C12H19N3O2/c1-2-3-4-5-11-14-7-9-15(11,8-6-13)10-12(16)17/h2-3,7,9H,4-6,8,10,13H2,1H3/b3-2+. The minimum absolute atomic E-state index is 0.0949. The molecule has 2 N–H and O–H groups in total. The molecule has 0 aromatic heterocycles. The van der Waals surface area contributed by atoms with Crippen LogP contribution in [-0.4, -0.2) is 35.9 Å². The molecule has 1 atom stereocenters. The molecule has 0 spiro atoms. The minimum atomic E-state index is -1.08. The number of aliphatic carboxylic acids is 1. The molecule has 0 saturated heterocycles. The van der Waals surface area contributed by atoms with E-state index in [0.29, 0.717) is 13.1 Å². The number of hydrogen-bond donors (Lipinski definition) is 1.